The van der Waals surface area contributed by atoms with Gasteiger partial charge in [-0.3, -0.25) is 9.59 Å². The fourth-order valence-electron chi connectivity index (χ4n) is 2.55. The molecule has 0 aliphatic rings. The lowest BCUT2D eigenvalue weighted by atomic mass is 10.2. The smallest absolute Gasteiger partial charge is 0.246 e. The maximum absolute atomic E-state index is 12.3. The van der Waals surface area contributed by atoms with E-state index < -0.39 is 0 Å². The summed E-state index contributed by atoms with van der Waals surface area (Å²) >= 11 is 0. The van der Waals surface area contributed by atoms with Crippen molar-refractivity contribution in [1.82, 2.24) is 9.88 Å². The molecule has 0 aliphatic heterocycles. The molecule has 2 amide bonds. The lowest BCUT2D eigenvalue weighted by Gasteiger charge is -2.15. The molecule has 0 bridgehead atoms. The van der Waals surface area contributed by atoms with E-state index in [4.69, 9.17) is 9.47 Å². The molecule has 0 saturated heterocycles. The second-order valence-corrected chi connectivity index (χ2v) is 6.37. The van der Waals surface area contributed by atoms with Gasteiger partial charge in [-0.15, -0.1) is 0 Å². The van der Waals surface area contributed by atoms with Crippen LogP contribution in [0.4, 0.5) is 5.82 Å². The minimum atomic E-state index is -0.313. The van der Waals surface area contributed by atoms with E-state index in [1.54, 1.807) is 25.4 Å². The highest BCUT2D eigenvalue weighted by Gasteiger charge is 2.12. The van der Waals surface area contributed by atoms with Crippen molar-refractivity contribution in [1.29, 1.82) is 0 Å². The summed E-state index contributed by atoms with van der Waals surface area (Å²) in [6.45, 7) is 6.69. The first kappa shape index (κ1) is 21.9. The van der Waals surface area contributed by atoms with E-state index in [2.05, 4.69) is 10.3 Å². The first-order chi connectivity index (χ1) is 13.9. The Morgan fingerprint density at radius 3 is 2.52 bits per heavy atom. The Balaban J connectivity index is 1.96. The normalized spacial score (nSPS) is 10.6. The fraction of sp³-hybridized carbons (Fsp3) is 0.318. The summed E-state index contributed by atoms with van der Waals surface area (Å²) in [4.78, 5) is 29.9. The molecule has 1 heterocycles. The number of nitrogens with one attached hydrogen (secondary N) is 1. The minimum absolute atomic E-state index is 0.0771. The van der Waals surface area contributed by atoms with Crippen LogP contribution in [0.2, 0.25) is 0 Å². The van der Waals surface area contributed by atoms with Crippen molar-refractivity contribution >= 4 is 23.7 Å². The number of benzene rings is 1. The number of rotatable bonds is 9. The first-order valence-corrected chi connectivity index (χ1v) is 9.48. The zero-order valence-electron chi connectivity index (χ0n) is 17.3. The van der Waals surface area contributed by atoms with E-state index in [0.717, 1.165) is 11.1 Å². The highest BCUT2D eigenvalue weighted by atomic mass is 16.5. The Labute approximate surface area is 171 Å². The van der Waals surface area contributed by atoms with Gasteiger partial charge in [-0.1, -0.05) is 6.07 Å². The fourth-order valence-corrected chi connectivity index (χ4v) is 2.55. The van der Waals surface area contributed by atoms with Gasteiger partial charge in [0.2, 0.25) is 11.8 Å². The number of amides is 2. The number of pyridine rings is 1. The molecule has 7 nitrogen and oxygen atoms in total. The third-order valence-electron chi connectivity index (χ3n) is 3.93. The van der Waals surface area contributed by atoms with Crippen molar-refractivity contribution in [3.05, 3.63) is 53.7 Å². The van der Waals surface area contributed by atoms with Crippen LogP contribution in [0.3, 0.4) is 0 Å². The van der Waals surface area contributed by atoms with Crippen LogP contribution >= 0.6 is 0 Å². The maximum Gasteiger partial charge on any atom is 0.246 e. The predicted octanol–water partition coefficient (Wildman–Crippen LogP) is 3.30. The average Bonchev–Trinajstić information content (AvgIpc) is 2.68. The van der Waals surface area contributed by atoms with Crippen molar-refractivity contribution in [3.63, 3.8) is 0 Å². The lowest BCUT2D eigenvalue weighted by Crippen LogP contribution is -2.34. The Kier molecular flexibility index (Phi) is 8.21. The van der Waals surface area contributed by atoms with Crippen LogP contribution in [0, 0.1) is 6.92 Å². The summed E-state index contributed by atoms with van der Waals surface area (Å²) in [6.07, 6.45) is 4.72. The van der Waals surface area contributed by atoms with Gasteiger partial charge in [0, 0.05) is 19.3 Å². The van der Waals surface area contributed by atoms with Gasteiger partial charge in [0.05, 0.1) is 19.8 Å². The SMILES string of the molecule is CCOc1ccc(/C=C/C(=O)N(C)CC(=O)Nc2cc(C)ccn2)cc1OCC. The van der Waals surface area contributed by atoms with Crippen molar-refractivity contribution in [3.8, 4) is 11.5 Å². The van der Waals surface area contributed by atoms with E-state index in [9.17, 15) is 9.59 Å². The number of ether oxygens (including phenoxy) is 2. The van der Waals surface area contributed by atoms with Crippen LogP contribution in [-0.4, -0.2) is 48.5 Å². The molecule has 0 radical (unpaired) electrons. The number of aryl methyl sites for hydroxylation is 1. The third kappa shape index (κ3) is 6.95. The molecule has 1 aromatic carbocycles. The predicted molar refractivity (Wildman–Crippen MR) is 113 cm³/mol. The second kappa shape index (κ2) is 10.8. The zero-order valence-corrected chi connectivity index (χ0v) is 17.3. The summed E-state index contributed by atoms with van der Waals surface area (Å²) in [5.41, 5.74) is 1.79. The Hall–Kier alpha value is -3.35. The molecule has 29 heavy (non-hydrogen) atoms. The molecular formula is C22H27N3O4. The molecule has 0 spiro atoms. The zero-order chi connectivity index (χ0) is 21.2. The molecule has 1 N–H and O–H groups in total. The summed E-state index contributed by atoms with van der Waals surface area (Å²) in [7, 11) is 1.57. The van der Waals surface area contributed by atoms with Crippen LogP contribution in [0.5, 0.6) is 11.5 Å². The summed E-state index contributed by atoms with van der Waals surface area (Å²) in [5, 5.41) is 2.68. The standard InChI is InChI=1S/C22H27N3O4/c1-5-28-18-9-7-17(14-19(18)29-6-2)8-10-22(27)25(4)15-21(26)24-20-13-16(3)11-12-23-20/h7-14H,5-6,15H2,1-4H3,(H,23,24,26)/b10-8+. The van der Waals surface area contributed by atoms with Gasteiger partial charge in [-0.2, -0.15) is 0 Å². The quantitative estimate of drug-likeness (QED) is 0.657. The number of hydrogen-bond acceptors (Lipinski definition) is 5. The lowest BCUT2D eigenvalue weighted by molar-refractivity contribution is -0.129. The summed E-state index contributed by atoms with van der Waals surface area (Å²) in [5.74, 6) is 1.15. The molecule has 154 valence electrons. The molecule has 0 saturated carbocycles. The van der Waals surface area contributed by atoms with Gasteiger partial charge >= 0.3 is 0 Å². The molecule has 1 aromatic heterocycles. The van der Waals surface area contributed by atoms with Crippen LogP contribution in [0.1, 0.15) is 25.0 Å². The van der Waals surface area contributed by atoms with Gasteiger partial charge in [0.1, 0.15) is 5.82 Å². The first-order valence-electron chi connectivity index (χ1n) is 9.48. The third-order valence-corrected chi connectivity index (χ3v) is 3.93. The molecule has 2 rings (SSSR count). The largest absolute Gasteiger partial charge is 0.490 e. The number of hydrogen-bond donors (Lipinski definition) is 1. The van der Waals surface area contributed by atoms with Crippen LogP contribution in [0.25, 0.3) is 6.08 Å². The number of anilines is 1. The maximum atomic E-state index is 12.3. The Morgan fingerprint density at radius 1 is 1.10 bits per heavy atom. The van der Waals surface area contributed by atoms with Gasteiger partial charge in [0.25, 0.3) is 0 Å². The topological polar surface area (TPSA) is 80.8 Å². The molecule has 0 atom stereocenters. The molecule has 2 aromatic rings. The average molecular weight is 397 g/mol. The van der Waals surface area contributed by atoms with E-state index in [1.807, 2.05) is 45.0 Å². The molecule has 0 unspecified atom stereocenters. The van der Waals surface area contributed by atoms with Crippen LogP contribution in [-0.2, 0) is 9.59 Å². The molecule has 0 aliphatic carbocycles. The van der Waals surface area contributed by atoms with Gasteiger partial charge in [0.15, 0.2) is 11.5 Å². The monoisotopic (exact) mass is 397 g/mol. The Morgan fingerprint density at radius 2 is 1.83 bits per heavy atom. The number of carbonyl (C=O) groups is 2. The van der Waals surface area contributed by atoms with Gasteiger partial charge in [-0.05, 0) is 62.2 Å². The number of nitrogens with zero attached hydrogens (tertiary/aromatic N) is 2. The van der Waals surface area contributed by atoms with E-state index in [0.29, 0.717) is 30.5 Å². The van der Waals surface area contributed by atoms with Crippen molar-refractivity contribution in [2.45, 2.75) is 20.8 Å². The minimum Gasteiger partial charge on any atom is -0.490 e. The van der Waals surface area contributed by atoms with Crippen molar-refractivity contribution in [2.75, 3.05) is 32.1 Å². The highest BCUT2D eigenvalue weighted by molar-refractivity contribution is 5.97. The van der Waals surface area contributed by atoms with Gasteiger partial charge in [-0.25, -0.2) is 4.98 Å². The Bertz CT molecular complexity index is 880. The van der Waals surface area contributed by atoms with Crippen molar-refractivity contribution < 1.29 is 19.1 Å². The second-order valence-electron chi connectivity index (χ2n) is 6.37. The van der Waals surface area contributed by atoms with E-state index in [-0.39, 0.29) is 18.4 Å². The van der Waals surface area contributed by atoms with Crippen LogP contribution < -0.4 is 14.8 Å². The number of aromatic nitrogens is 1. The van der Waals surface area contributed by atoms with E-state index in [1.165, 1.54) is 11.0 Å². The van der Waals surface area contributed by atoms with Crippen LogP contribution in [0.15, 0.2) is 42.6 Å². The summed E-state index contributed by atoms with van der Waals surface area (Å²) < 4.78 is 11.1. The van der Waals surface area contributed by atoms with Gasteiger partial charge < -0.3 is 19.7 Å². The van der Waals surface area contributed by atoms with Crippen molar-refractivity contribution in [2.24, 2.45) is 0 Å². The number of likely N-dealkylation sites (N-methyl/N-ethyl adjacent to an activating group) is 1. The molecular weight excluding hydrogens is 370 g/mol. The highest BCUT2D eigenvalue weighted by Crippen LogP contribution is 2.29. The molecule has 7 heteroatoms. The number of carbonyl (C=O) groups excluding carboxylic acids is 2. The van der Waals surface area contributed by atoms with E-state index >= 15 is 0 Å². The summed E-state index contributed by atoms with van der Waals surface area (Å²) in [6, 6.07) is 9.07. The molecule has 0 fully saturated rings.